The summed E-state index contributed by atoms with van der Waals surface area (Å²) < 4.78 is 24.1. The van der Waals surface area contributed by atoms with E-state index in [4.69, 9.17) is 4.11 Å². The summed E-state index contributed by atoms with van der Waals surface area (Å²) >= 11 is 1.35. The van der Waals surface area contributed by atoms with Crippen LogP contribution in [-0.2, 0) is 11.3 Å². The van der Waals surface area contributed by atoms with Gasteiger partial charge in [0.25, 0.3) is 11.5 Å². The number of carbonyl (C=O) groups is 2. The number of nitrogens with zero attached hydrogens (tertiary/aromatic N) is 3. The minimum atomic E-state index is -2.72. The standard InChI is InChI=1S/C19H20N6O3S/c1-3-25-7-6-13-15(19(25)28)12(9-29-13)21-11-8-14(22-17(26)10-4-5-10)23-24-16(11)18(27)20-2/h6-10H,3-5H2,1-2H3,(H,20,27)(H2,21,22,23,26)/i2D3. The molecule has 0 bridgehead atoms. The number of hydrogen-bond donors (Lipinski definition) is 3. The second kappa shape index (κ2) is 7.63. The van der Waals surface area contributed by atoms with Crippen LogP contribution < -0.4 is 21.5 Å². The molecule has 0 spiro atoms. The molecule has 0 atom stereocenters. The van der Waals surface area contributed by atoms with Crippen molar-refractivity contribution in [1.82, 2.24) is 20.1 Å². The van der Waals surface area contributed by atoms with Gasteiger partial charge in [-0.15, -0.1) is 21.5 Å². The zero-order valence-electron chi connectivity index (χ0n) is 18.5. The van der Waals surface area contributed by atoms with Gasteiger partial charge in [0, 0.05) is 45.9 Å². The molecule has 4 rings (SSSR count). The molecule has 3 heterocycles. The van der Waals surface area contributed by atoms with Crippen LogP contribution in [-0.4, -0.2) is 33.6 Å². The maximum Gasteiger partial charge on any atom is 0.273 e. The summed E-state index contributed by atoms with van der Waals surface area (Å²) in [6, 6.07) is 3.22. The zero-order valence-corrected chi connectivity index (χ0v) is 16.3. The molecule has 150 valence electrons. The molecule has 0 unspecified atom stereocenters. The topological polar surface area (TPSA) is 118 Å². The van der Waals surface area contributed by atoms with Crippen molar-refractivity contribution in [3.63, 3.8) is 0 Å². The van der Waals surface area contributed by atoms with E-state index in [1.165, 1.54) is 17.4 Å². The summed E-state index contributed by atoms with van der Waals surface area (Å²) in [5.74, 6) is -1.12. The lowest BCUT2D eigenvalue weighted by molar-refractivity contribution is -0.117. The van der Waals surface area contributed by atoms with Crippen LogP contribution in [0.3, 0.4) is 0 Å². The molecule has 9 nitrogen and oxygen atoms in total. The third kappa shape index (κ3) is 3.70. The average Bonchev–Trinajstić information content (AvgIpc) is 3.49. The van der Waals surface area contributed by atoms with E-state index in [2.05, 4.69) is 20.8 Å². The molecule has 1 aliphatic rings. The van der Waals surface area contributed by atoms with Gasteiger partial charge in [-0.1, -0.05) is 0 Å². The molecule has 1 saturated carbocycles. The Bertz CT molecular complexity index is 1270. The van der Waals surface area contributed by atoms with Crippen molar-refractivity contribution in [2.24, 2.45) is 5.92 Å². The van der Waals surface area contributed by atoms with Gasteiger partial charge in [-0.25, -0.2) is 0 Å². The van der Waals surface area contributed by atoms with Crippen molar-refractivity contribution in [2.45, 2.75) is 26.3 Å². The molecule has 10 heteroatoms. The summed E-state index contributed by atoms with van der Waals surface area (Å²) in [4.78, 5) is 37.5. The normalized spacial score (nSPS) is 15.3. The number of aryl methyl sites for hydroxylation is 1. The second-order valence-corrected chi connectivity index (χ2v) is 7.54. The molecule has 29 heavy (non-hydrogen) atoms. The molecule has 0 aromatic carbocycles. The summed E-state index contributed by atoms with van der Waals surface area (Å²) in [6.07, 6.45) is 3.31. The van der Waals surface area contributed by atoms with Crippen molar-refractivity contribution in [1.29, 1.82) is 0 Å². The number of carbonyl (C=O) groups excluding carboxylic acids is 2. The molecule has 0 radical (unpaired) electrons. The Labute approximate surface area is 174 Å². The van der Waals surface area contributed by atoms with Gasteiger partial charge >= 0.3 is 0 Å². The number of anilines is 3. The molecule has 0 saturated heterocycles. The Morgan fingerprint density at radius 3 is 2.90 bits per heavy atom. The molecular weight excluding hydrogens is 392 g/mol. The van der Waals surface area contributed by atoms with Gasteiger partial charge in [0.15, 0.2) is 11.5 Å². The number of aromatic nitrogens is 3. The van der Waals surface area contributed by atoms with Gasteiger partial charge in [-0.05, 0) is 25.8 Å². The fourth-order valence-electron chi connectivity index (χ4n) is 2.92. The first-order valence-electron chi connectivity index (χ1n) is 10.5. The van der Waals surface area contributed by atoms with Crippen LogP contribution in [0.1, 0.15) is 34.4 Å². The van der Waals surface area contributed by atoms with Crippen molar-refractivity contribution < 1.29 is 13.7 Å². The van der Waals surface area contributed by atoms with Crippen molar-refractivity contribution in [2.75, 3.05) is 17.6 Å². The summed E-state index contributed by atoms with van der Waals surface area (Å²) in [5, 5.41) is 17.4. The van der Waals surface area contributed by atoms with E-state index in [0.717, 1.165) is 17.5 Å². The lowest BCUT2D eigenvalue weighted by atomic mass is 10.2. The smallest absolute Gasteiger partial charge is 0.273 e. The van der Waals surface area contributed by atoms with Crippen LogP contribution in [0.15, 0.2) is 28.5 Å². The Morgan fingerprint density at radius 1 is 1.34 bits per heavy atom. The Balaban J connectivity index is 1.74. The van der Waals surface area contributed by atoms with Gasteiger partial charge < -0.3 is 20.5 Å². The van der Waals surface area contributed by atoms with Crippen LogP contribution in [0.5, 0.6) is 0 Å². The molecular formula is C19H20N6O3S. The maximum atomic E-state index is 12.8. The quantitative estimate of drug-likeness (QED) is 0.569. The highest BCUT2D eigenvalue weighted by Gasteiger charge is 2.30. The SMILES string of the molecule is [2H]C([2H])([2H])NC(=O)c1nnc(NC(=O)C2CC2)cc1Nc1csc2ccn(CC)c(=O)c12. The van der Waals surface area contributed by atoms with E-state index in [-0.39, 0.29) is 34.6 Å². The van der Waals surface area contributed by atoms with Crippen LogP contribution in [0.4, 0.5) is 17.2 Å². The summed E-state index contributed by atoms with van der Waals surface area (Å²) in [6.45, 7) is -0.380. The fourth-order valence-corrected chi connectivity index (χ4v) is 3.80. The minimum absolute atomic E-state index is 0.0694. The zero-order chi connectivity index (χ0) is 23.0. The number of pyridine rings is 1. The first kappa shape index (κ1) is 15.6. The van der Waals surface area contributed by atoms with Crippen LogP contribution in [0.25, 0.3) is 10.1 Å². The van der Waals surface area contributed by atoms with E-state index in [9.17, 15) is 14.4 Å². The van der Waals surface area contributed by atoms with Crippen LogP contribution >= 0.6 is 11.3 Å². The Hall–Kier alpha value is -3.27. The molecule has 1 fully saturated rings. The number of nitrogens with one attached hydrogen (secondary N) is 3. The Morgan fingerprint density at radius 2 is 2.17 bits per heavy atom. The van der Waals surface area contributed by atoms with E-state index in [0.29, 0.717) is 17.6 Å². The van der Waals surface area contributed by atoms with Gasteiger partial charge in [-0.3, -0.25) is 14.4 Å². The van der Waals surface area contributed by atoms with E-state index < -0.39 is 12.9 Å². The van der Waals surface area contributed by atoms with Gasteiger partial charge in [0.2, 0.25) is 5.91 Å². The highest BCUT2D eigenvalue weighted by Crippen LogP contribution is 2.32. The highest BCUT2D eigenvalue weighted by molar-refractivity contribution is 7.17. The highest BCUT2D eigenvalue weighted by atomic mass is 32.1. The first-order valence-corrected chi connectivity index (χ1v) is 9.93. The summed E-state index contributed by atoms with van der Waals surface area (Å²) in [5.41, 5.74) is 0.0650. The van der Waals surface area contributed by atoms with Gasteiger partial charge in [0.05, 0.1) is 16.8 Å². The number of thiophene rings is 1. The molecule has 3 aromatic rings. The molecule has 3 N–H and O–H groups in total. The third-order valence-electron chi connectivity index (χ3n) is 4.63. The number of amides is 2. The summed E-state index contributed by atoms with van der Waals surface area (Å²) in [7, 11) is 0. The van der Waals surface area contributed by atoms with E-state index in [1.54, 1.807) is 16.1 Å². The number of fused-ring (bicyclic) bond motifs is 1. The number of rotatable bonds is 6. The first-order chi connectivity index (χ1) is 15.2. The van der Waals surface area contributed by atoms with Crippen LogP contribution in [0.2, 0.25) is 0 Å². The molecule has 1 aliphatic carbocycles. The minimum Gasteiger partial charge on any atom is -0.354 e. The maximum absolute atomic E-state index is 12.8. The molecule has 3 aromatic heterocycles. The monoisotopic (exact) mass is 415 g/mol. The van der Waals surface area contributed by atoms with E-state index >= 15 is 0 Å². The van der Waals surface area contributed by atoms with Gasteiger partial charge in [0.1, 0.15) is 0 Å². The molecule has 2 amide bonds. The predicted octanol–water partition coefficient (Wildman–Crippen LogP) is 2.32. The Kier molecular flexibility index (Phi) is 4.11. The van der Waals surface area contributed by atoms with Crippen molar-refractivity contribution in [3.8, 4) is 0 Å². The van der Waals surface area contributed by atoms with Crippen molar-refractivity contribution >= 4 is 50.4 Å². The third-order valence-corrected chi connectivity index (χ3v) is 5.58. The lowest BCUT2D eigenvalue weighted by Gasteiger charge is -2.12. The van der Waals surface area contributed by atoms with E-state index in [1.807, 2.05) is 18.3 Å². The van der Waals surface area contributed by atoms with Crippen molar-refractivity contribution in [3.05, 3.63) is 39.8 Å². The van der Waals surface area contributed by atoms with Crippen LogP contribution in [0, 0.1) is 5.92 Å². The molecule has 0 aliphatic heterocycles. The number of hydrogen-bond acceptors (Lipinski definition) is 7. The fraction of sp³-hybridized carbons (Fsp3) is 0.316. The second-order valence-electron chi connectivity index (χ2n) is 6.63. The largest absolute Gasteiger partial charge is 0.354 e. The average molecular weight is 415 g/mol. The predicted molar refractivity (Wildman–Crippen MR) is 112 cm³/mol. The van der Waals surface area contributed by atoms with Gasteiger partial charge in [-0.2, -0.15) is 0 Å². The lowest BCUT2D eigenvalue weighted by Crippen LogP contribution is -2.23.